The van der Waals surface area contributed by atoms with Crippen LogP contribution in [0.15, 0.2) is 18.2 Å². The van der Waals surface area contributed by atoms with Gasteiger partial charge in [0.25, 0.3) is 0 Å². The molecule has 0 fully saturated rings. The second-order valence-corrected chi connectivity index (χ2v) is 5.80. The number of nitrogens with two attached hydrogens (primary N) is 1. The van der Waals surface area contributed by atoms with E-state index in [2.05, 4.69) is 0 Å². The molecule has 1 aromatic heterocycles. The minimum atomic E-state index is -1.02. The van der Waals surface area contributed by atoms with Crippen molar-refractivity contribution < 1.29 is 9.90 Å². The highest BCUT2D eigenvalue weighted by Gasteiger charge is 2.21. The quantitative estimate of drug-likeness (QED) is 0.872. The van der Waals surface area contributed by atoms with Gasteiger partial charge >= 0.3 is 5.97 Å². The molecule has 19 heavy (non-hydrogen) atoms. The highest BCUT2D eigenvalue weighted by Crippen LogP contribution is 2.42. The minimum absolute atomic E-state index is 0.151. The van der Waals surface area contributed by atoms with Crippen LogP contribution in [0.4, 0.5) is 5.69 Å². The van der Waals surface area contributed by atoms with Crippen LogP contribution in [0.3, 0.4) is 0 Å². The van der Waals surface area contributed by atoms with Crippen molar-refractivity contribution in [2.75, 3.05) is 5.73 Å². The number of carbonyl (C=O) groups is 1. The van der Waals surface area contributed by atoms with Gasteiger partial charge in [-0.05, 0) is 24.1 Å². The van der Waals surface area contributed by atoms with Gasteiger partial charge in [0.15, 0.2) is 0 Å². The maximum atomic E-state index is 11.1. The lowest BCUT2D eigenvalue weighted by Gasteiger charge is -2.05. The van der Waals surface area contributed by atoms with Gasteiger partial charge in [-0.3, -0.25) is 0 Å². The number of benzene rings is 1. The monoisotopic (exact) mass is 315 g/mol. The number of halogens is 2. The zero-order chi connectivity index (χ0) is 14.2. The van der Waals surface area contributed by atoms with Crippen molar-refractivity contribution in [2.24, 2.45) is 0 Å². The number of nitrogen functional groups attached to an aromatic ring is 1. The predicted molar refractivity (Wildman–Crippen MR) is 80.5 cm³/mol. The lowest BCUT2D eigenvalue weighted by molar-refractivity contribution is 0.0703. The Balaban J connectivity index is 2.68. The first-order valence-electron chi connectivity index (χ1n) is 5.55. The molecule has 0 aliphatic rings. The normalized spacial score (nSPS) is 10.7. The number of carboxylic acid groups (broad SMARTS) is 1. The molecule has 0 radical (unpaired) electrons. The van der Waals surface area contributed by atoms with Crippen LogP contribution in [-0.4, -0.2) is 11.1 Å². The van der Waals surface area contributed by atoms with Crippen LogP contribution in [0.5, 0.6) is 0 Å². The second kappa shape index (κ2) is 5.41. The fraction of sp³-hybridized carbons (Fsp3) is 0.154. The molecule has 0 bridgehead atoms. The summed E-state index contributed by atoms with van der Waals surface area (Å²) in [7, 11) is 0. The highest BCUT2D eigenvalue weighted by atomic mass is 35.5. The summed E-state index contributed by atoms with van der Waals surface area (Å²) in [6.07, 6.45) is 0.643. The Labute approximate surface area is 124 Å². The summed E-state index contributed by atoms with van der Waals surface area (Å²) < 4.78 is 0. The molecule has 0 saturated heterocycles. The van der Waals surface area contributed by atoms with Crippen LogP contribution in [0.2, 0.25) is 10.0 Å². The first-order chi connectivity index (χ1) is 8.95. The largest absolute Gasteiger partial charge is 0.477 e. The Morgan fingerprint density at radius 2 is 2.11 bits per heavy atom. The van der Waals surface area contributed by atoms with Crippen molar-refractivity contribution in [3.63, 3.8) is 0 Å². The zero-order valence-electron chi connectivity index (χ0n) is 10.0. The van der Waals surface area contributed by atoms with E-state index in [0.717, 1.165) is 27.3 Å². The summed E-state index contributed by atoms with van der Waals surface area (Å²) in [4.78, 5) is 12.1. The number of anilines is 1. The maximum Gasteiger partial charge on any atom is 0.348 e. The van der Waals surface area contributed by atoms with E-state index in [-0.39, 0.29) is 4.88 Å². The number of hydrogen-bond acceptors (Lipinski definition) is 3. The molecule has 0 unspecified atom stereocenters. The van der Waals surface area contributed by atoms with Gasteiger partial charge in [-0.1, -0.05) is 36.2 Å². The summed E-state index contributed by atoms with van der Waals surface area (Å²) in [5.41, 5.74) is 7.78. The third-order valence-corrected chi connectivity index (χ3v) is 4.59. The minimum Gasteiger partial charge on any atom is -0.477 e. The van der Waals surface area contributed by atoms with Gasteiger partial charge in [0.2, 0.25) is 0 Å². The number of rotatable bonds is 3. The SMILES string of the molecule is CCc1c(-c2ccc(Cl)cc2Cl)sc(C(=O)O)c1N. The van der Waals surface area contributed by atoms with Gasteiger partial charge in [-0.15, -0.1) is 11.3 Å². The number of aromatic carboxylic acids is 1. The first kappa shape index (κ1) is 14.2. The average molecular weight is 316 g/mol. The smallest absolute Gasteiger partial charge is 0.348 e. The lowest BCUT2D eigenvalue weighted by atomic mass is 10.1. The van der Waals surface area contributed by atoms with E-state index in [9.17, 15) is 4.79 Å². The van der Waals surface area contributed by atoms with Crippen LogP contribution < -0.4 is 5.73 Å². The van der Waals surface area contributed by atoms with Crippen LogP contribution in [-0.2, 0) is 6.42 Å². The molecule has 0 amide bonds. The molecule has 6 heteroatoms. The number of thiophene rings is 1. The van der Waals surface area contributed by atoms with Gasteiger partial charge in [-0.25, -0.2) is 4.79 Å². The Hall–Kier alpha value is -1.23. The van der Waals surface area contributed by atoms with Gasteiger partial charge in [0.1, 0.15) is 4.88 Å². The third kappa shape index (κ3) is 2.56. The average Bonchev–Trinajstić information content (AvgIpc) is 2.66. The molecular formula is C13H11Cl2NO2S. The Kier molecular flexibility index (Phi) is 4.04. The second-order valence-electron chi connectivity index (χ2n) is 3.94. The Morgan fingerprint density at radius 1 is 1.42 bits per heavy atom. The summed E-state index contributed by atoms with van der Waals surface area (Å²) >= 11 is 13.2. The lowest BCUT2D eigenvalue weighted by Crippen LogP contribution is -1.99. The molecule has 0 saturated carbocycles. The molecule has 0 spiro atoms. The van der Waals surface area contributed by atoms with Gasteiger partial charge in [0.05, 0.1) is 10.7 Å². The van der Waals surface area contributed by atoms with Gasteiger partial charge < -0.3 is 10.8 Å². The number of hydrogen-bond donors (Lipinski definition) is 2. The van der Waals surface area contributed by atoms with Crippen LogP contribution in [0.1, 0.15) is 22.2 Å². The summed E-state index contributed by atoms with van der Waals surface area (Å²) in [6.45, 7) is 1.93. The molecule has 2 rings (SSSR count). The van der Waals surface area contributed by atoms with E-state index in [1.54, 1.807) is 18.2 Å². The third-order valence-electron chi connectivity index (χ3n) is 2.77. The molecule has 2 aromatic rings. The van der Waals surface area contributed by atoms with E-state index in [1.807, 2.05) is 6.92 Å². The topological polar surface area (TPSA) is 63.3 Å². The van der Waals surface area contributed by atoms with E-state index in [0.29, 0.717) is 22.2 Å². The van der Waals surface area contributed by atoms with Crippen LogP contribution in [0.25, 0.3) is 10.4 Å². The van der Waals surface area contributed by atoms with E-state index < -0.39 is 5.97 Å². The predicted octanol–water partition coefficient (Wildman–Crippen LogP) is 4.56. The van der Waals surface area contributed by atoms with E-state index in [4.69, 9.17) is 34.0 Å². The number of carboxylic acids is 1. The molecule has 0 aliphatic heterocycles. The Bertz CT molecular complexity index is 652. The Morgan fingerprint density at radius 3 is 2.63 bits per heavy atom. The molecule has 0 atom stereocenters. The van der Waals surface area contributed by atoms with Crippen molar-refractivity contribution in [1.82, 2.24) is 0 Å². The standard InChI is InChI=1S/C13H11Cl2NO2S/c1-2-7-10(16)12(13(17)18)19-11(7)8-4-3-6(14)5-9(8)15/h3-5H,2,16H2,1H3,(H,17,18). The van der Waals surface area contributed by atoms with Gasteiger partial charge in [0, 0.05) is 15.5 Å². The van der Waals surface area contributed by atoms with Crippen molar-refractivity contribution in [1.29, 1.82) is 0 Å². The molecular weight excluding hydrogens is 305 g/mol. The fourth-order valence-electron chi connectivity index (χ4n) is 1.88. The van der Waals surface area contributed by atoms with Crippen molar-refractivity contribution in [2.45, 2.75) is 13.3 Å². The molecule has 0 aliphatic carbocycles. The van der Waals surface area contributed by atoms with E-state index >= 15 is 0 Å². The summed E-state index contributed by atoms with van der Waals surface area (Å²) in [5, 5.41) is 10.2. The zero-order valence-corrected chi connectivity index (χ0v) is 12.4. The van der Waals surface area contributed by atoms with E-state index in [1.165, 1.54) is 0 Å². The first-order valence-corrected chi connectivity index (χ1v) is 7.12. The summed E-state index contributed by atoms with van der Waals surface area (Å²) in [5.74, 6) is -1.02. The fourth-order valence-corrected chi connectivity index (χ4v) is 3.63. The van der Waals surface area contributed by atoms with Crippen LogP contribution >= 0.6 is 34.5 Å². The van der Waals surface area contributed by atoms with Crippen molar-refractivity contribution in [3.8, 4) is 10.4 Å². The molecule has 3 N–H and O–H groups in total. The molecule has 100 valence electrons. The summed E-state index contributed by atoms with van der Waals surface area (Å²) in [6, 6.07) is 5.13. The molecule has 1 aromatic carbocycles. The van der Waals surface area contributed by atoms with Crippen molar-refractivity contribution in [3.05, 3.63) is 38.7 Å². The molecule has 3 nitrogen and oxygen atoms in total. The molecule has 1 heterocycles. The van der Waals surface area contributed by atoms with Crippen molar-refractivity contribution >= 4 is 46.2 Å². The maximum absolute atomic E-state index is 11.1. The van der Waals surface area contributed by atoms with Gasteiger partial charge in [-0.2, -0.15) is 0 Å². The highest BCUT2D eigenvalue weighted by molar-refractivity contribution is 7.18. The van der Waals surface area contributed by atoms with Crippen LogP contribution in [0, 0.1) is 0 Å².